The highest BCUT2D eigenvalue weighted by molar-refractivity contribution is 5.90. The molecule has 1 fully saturated rings. The second kappa shape index (κ2) is 7.04. The van der Waals surface area contributed by atoms with Crippen LogP contribution in [-0.2, 0) is 11.0 Å². The van der Waals surface area contributed by atoms with Gasteiger partial charge in [-0.3, -0.25) is 9.59 Å². The van der Waals surface area contributed by atoms with Crippen molar-refractivity contribution in [1.82, 2.24) is 10.3 Å². The Morgan fingerprint density at radius 2 is 1.83 bits per heavy atom. The first-order valence-corrected chi connectivity index (χ1v) is 9.02. The number of carbonyl (C=O) groups is 1. The Balaban J connectivity index is 1.79. The van der Waals surface area contributed by atoms with Crippen LogP contribution in [-0.4, -0.2) is 28.6 Å². The number of amides is 1. The van der Waals surface area contributed by atoms with Crippen molar-refractivity contribution in [3.8, 4) is 11.3 Å². The molecule has 3 N–H and O–H groups in total. The largest absolute Gasteiger partial charge is 0.417 e. The van der Waals surface area contributed by atoms with Crippen LogP contribution in [0.1, 0.15) is 23.5 Å². The van der Waals surface area contributed by atoms with E-state index >= 15 is 0 Å². The molecular formula is C21H17F3N2O3. The number of benzene rings is 2. The number of aliphatic hydroxyl groups is 1. The van der Waals surface area contributed by atoms with Crippen molar-refractivity contribution in [3.05, 3.63) is 70.0 Å². The van der Waals surface area contributed by atoms with Crippen molar-refractivity contribution in [2.75, 3.05) is 6.61 Å². The molecule has 29 heavy (non-hydrogen) atoms. The van der Waals surface area contributed by atoms with E-state index in [4.69, 9.17) is 0 Å². The number of H-pyrrole nitrogens is 1. The lowest BCUT2D eigenvalue weighted by Crippen LogP contribution is -2.28. The van der Waals surface area contributed by atoms with Gasteiger partial charge in [-0.1, -0.05) is 30.3 Å². The van der Waals surface area contributed by atoms with Crippen molar-refractivity contribution in [2.45, 2.75) is 24.6 Å². The third-order valence-corrected chi connectivity index (χ3v) is 5.20. The van der Waals surface area contributed by atoms with Gasteiger partial charge in [0.05, 0.1) is 24.1 Å². The number of aromatic amines is 1. The van der Waals surface area contributed by atoms with Gasteiger partial charge in [0.15, 0.2) is 0 Å². The van der Waals surface area contributed by atoms with Crippen molar-refractivity contribution in [3.63, 3.8) is 0 Å². The van der Waals surface area contributed by atoms with E-state index < -0.39 is 23.2 Å². The third-order valence-electron chi connectivity index (χ3n) is 5.20. The van der Waals surface area contributed by atoms with E-state index in [1.54, 1.807) is 18.2 Å². The number of fused-ring (bicyclic) bond motifs is 1. The molecule has 0 aliphatic carbocycles. The molecule has 150 valence electrons. The minimum atomic E-state index is -4.55. The molecule has 1 saturated heterocycles. The average molecular weight is 402 g/mol. The summed E-state index contributed by atoms with van der Waals surface area (Å²) in [6.07, 6.45) is -4.14. The molecule has 2 atom stereocenters. The van der Waals surface area contributed by atoms with Crippen LogP contribution >= 0.6 is 0 Å². The van der Waals surface area contributed by atoms with E-state index in [1.165, 1.54) is 24.3 Å². The lowest BCUT2D eigenvalue weighted by atomic mass is 9.93. The van der Waals surface area contributed by atoms with Gasteiger partial charge in [-0.2, -0.15) is 13.2 Å². The Morgan fingerprint density at radius 1 is 1.07 bits per heavy atom. The van der Waals surface area contributed by atoms with Crippen LogP contribution in [0.4, 0.5) is 13.2 Å². The Hall–Kier alpha value is -3.13. The second-order valence-corrected chi connectivity index (χ2v) is 7.08. The van der Waals surface area contributed by atoms with Crippen LogP contribution in [0.3, 0.4) is 0 Å². The maximum atomic E-state index is 13.3. The summed E-state index contributed by atoms with van der Waals surface area (Å²) in [6, 6.07) is 11.1. The molecule has 0 saturated carbocycles. The zero-order chi connectivity index (χ0) is 20.8. The van der Waals surface area contributed by atoms with E-state index in [9.17, 15) is 27.9 Å². The standard InChI is InChI=1S/C21H17F3N2O3/c22-21(23,24)17-4-2-1-3-14(17)18-8-12-6-5-11(7-15(12)20(29)26-18)16-9-13(10-27)25-19(16)28/h1-8,13,16,27H,9-10H2,(H,25,28)(H,26,29)/t13?,16-/m0/s1. The first-order valence-electron chi connectivity index (χ1n) is 9.02. The SMILES string of the molecule is O=C1NC(CO)C[C@H]1c1ccc2cc(-c3ccccc3C(F)(F)F)[nH]c(=O)c2c1. The minimum Gasteiger partial charge on any atom is -0.394 e. The highest BCUT2D eigenvalue weighted by atomic mass is 19.4. The van der Waals surface area contributed by atoms with Crippen LogP contribution < -0.4 is 10.9 Å². The summed E-state index contributed by atoms with van der Waals surface area (Å²) < 4.78 is 40.0. The molecule has 1 aromatic heterocycles. The molecule has 2 heterocycles. The van der Waals surface area contributed by atoms with Crippen LogP contribution in [0.2, 0.25) is 0 Å². The van der Waals surface area contributed by atoms with Gasteiger partial charge in [-0.05, 0) is 35.6 Å². The molecule has 5 nitrogen and oxygen atoms in total. The molecule has 0 spiro atoms. The van der Waals surface area contributed by atoms with E-state index in [2.05, 4.69) is 10.3 Å². The molecule has 3 aromatic rings. The average Bonchev–Trinajstić information content (AvgIpc) is 3.08. The molecule has 8 heteroatoms. The quantitative estimate of drug-likeness (QED) is 0.629. The predicted molar refractivity (Wildman–Crippen MR) is 101 cm³/mol. The number of pyridine rings is 1. The minimum absolute atomic E-state index is 0.0714. The zero-order valence-corrected chi connectivity index (χ0v) is 15.1. The monoisotopic (exact) mass is 402 g/mol. The molecule has 1 aliphatic heterocycles. The molecule has 1 aliphatic rings. The summed E-state index contributed by atoms with van der Waals surface area (Å²) in [5.74, 6) is -0.711. The number of aliphatic hydroxyl groups excluding tert-OH is 1. The molecule has 1 unspecified atom stereocenters. The van der Waals surface area contributed by atoms with Crippen molar-refractivity contribution < 1.29 is 23.1 Å². The summed E-state index contributed by atoms with van der Waals surface area (Å²) in [5, 5.41) is 12.7. The fraction of sp³-hybridized carbons (Fsp3) is 0.238. The molecule has 0 radical (unpaired) electrons. The van der Waals surface area contributed by atoms with Crippen molar-refractivity contribution in [1.29, 1.82) is 0 Å². The van der Waals surface area contributed by atoms with E-state index in [0.717, 1.165) is 6.07 Å². The smallest absolute Gasteiger partial charge is 0.394 e. The summed E-state index contributed by atoms with van der Waals surface area (Å²) in [7, 11) is 0. The van der Waals surface area contributed by atoms with Gasteiger partial charge < -0.3 is 15.4 Å². The molecule has 4 rings (SSSR count). The summed E-state index contributed by atoms with van der Waals surface area (Å²) in [4.78, 5) is 27.3. The number of hydrogen-bond acceptors (Lipinski definition) is 3. The third kappa shape index (κ3) is 3.51. The predicted octanol–water partition coefficient (Wildman–Crippen LogP) is 3.18. The lowest BCUT2D eigenvalue weighted by Gasteiger charge is -2.14. The highest BCUT2D eigenvalue weighted by Gasteiger charge is 2.34. The summed E-state index contributed by atoms with van der Waals surface area (Å²) in [6.45, 7) is -0.168. The lowest BCUT2D eigenvalue weighted by molar-refractivity contribution is -0.137. The van der Waals surface area contributed by atoms with E-state index in [-0.39, 0.29) is 35.2 Å². The number of nitrogens with one attached hydrogen (secondary N) is 2. The molecule has 0 bridgehead atoms. The zero-order valence-electron chi connectivity index (χ0n) is 15.1. The number of hydrogen-bond donors (Lipinski definition) is 3. The van der Waals surface area contributed by atoms with Crippen molar-refractivity contribution in [2.24, 2.45) is 0 Å². The second-order valence-electron chi connectivity index (χ2n) is 7.08. The van der Waals surface area contributed by atoms with Gasteiger partial charge in [-0.25, -0.2) is 0 Å². The maximum absolute atomic E-state index is 13.3. The van der Waals surface area contributed by atoms with Crippen LogP contribution in [0.25, 0.3) is 22.0 Å². The van der Waals surface area contributed by atoms with E-state index in [1.807, 2.05) is 0 Å². The van der Waals surface area contributed by atoms with Gasteiger partial charge in [0.2, 0.25) is 5.91 Å². The van der Waals surface area contributed by atoms with Crippen molar-refractivity contribution >= 4 is 16.7 Å². The Kier molecular flexibility index (Phi) is 4.66. The fourth-order valence-electron chi connectivity index (χ4n) is 3.76. The summed E-state index contributed by atoms with van der Waals surface area (Å²) in [5.41, 5.74) is -0.774. The van der Waals surface area contributed by atoms with Crippen LogP contribution in [0.5, 0.6) is 0 Å². The normalized spacial score (nSPS) is 19.5. The fourth-order valence-corrected chi connectivity index (χ4v) is 3.76. The highest BCUT2D eigenvalue weighted by Crippen LogP contribution is 2.37. The molecular weight excluding hydrogens is 385 g/mol. The van der Waals surface area contributed by atoms with Gasteiger partial charge in [-0.15, -0.1) is 0 Å². The van der Waals surface area contributed by atoms with E-state index in [0.29, 0.717) is 17.4 Å². The number of aromatic nitrogens is 1. The number of carbonyl (C=O) groups excluding carboxylic acids is 1. The number of alkyl halides is 3. The number of rotatable bonds is 3. The molecule has 2 aromatic carbocycles. The molecule has 1 amide bonds. The van der Waals surface area contributed by atoms with Gasteiger partial charge >= 0.3 is 6.18 Å². The van der Waals surface area contributed by atoms with Gasteiger partial charge in [0.1, 0.15) is 0 Å². The first kappa shape index (κ1) is 19.2. The summed E-state index contributed by atoms with van der Waals surface area (Å²) >= 11 is 0. The Morgan fingerprint density at radius 3 is 2.52 bits per heavy atom. The van der Waals surface area contributed by atoms with Crippen LogP contribution in [0, 0.1) is 0 Å². The maximum Gasteiger partial charge on any atom is 0.417 e. The van der Waals surface area contributed by atoms with Crippen LogP contribution in [0.15, 0.2) is 53.3 Å². The Bertz CT molecular complexity index is 1150. The van der Waals surface area contributed by atoms with Gasteiger partial charge in [0, 0.05) is 16.6 Å². The Labute approximate surface area is 163 Å². The number of halogens is 3. The first-order chi connectivity index (χ1) is 13.8. The van der Waals surface area contributed by atoms with Gasteiger partial charge in [0.25, 0.3) is 5.56 Å². The topological polar surface area (TPSA) is 82.2 Å².